The maximum Gasteiger partial charge on any atom is 0.00218 e. The molecule has 16 heavy (non-hydrogen) atoms. The van der Waals surface area contributed by atoms with Gasteiger partial charge in [-0.05, 0) is 57.2 Å². The van der Waals surface area contributed by atoms with E-state index < -0.39 is 0 Å². The first-order valence-electron chi connectivity index (χ1n) is 7.31. The summed E-state index contributed by atoms with van der Waals surface area (Å²) in [6.07, 6.45) is 8.75. The van der Waals surface area contributed by atoms with Crippen molar-refractivity contribution < 1.29 is 0 Å². The molecule has 0 spiro atoms. The van der Waals surface area contributed by atoms with Crippen molar-refractivity contribution in [2.75, 3.05) is 32.7 Å². The zero-order chi connectivity index (χ0) is 11.2. The summed E-state index contributed by atoms with van der Waals surface area (Å²) in [7, 11) is 0. The van der Waals surface area contributed by atoms with Crippen LogP contribution in [0.3, 0.4) is 0 Å². The van der Waals surface area contributed by atoms with Gasteiger partial charge in [0, 0.05) is 13.1 Å². The van der Waals surface area contributed by atoms with E-state index in [2.05, 4.69) is 17.1 Å². The Bertz CT molecular complexity index is 181. The van der Waals surface area contributed by atoms with Crippen LogP contribution in [0.2, 0.25) is 0 Å². The Hall–Kier alpha value is -0.0800. The minimum absolute atomic E-state index is 0.912. The fourth-order valence-electron chi connectivity index (χ4n) is 3.34. The molecule has 1 aliphatic heterocycles. The second-order valence-corrected chi connectivity index (χ2v) is 5.72. The molecule has 1 unspecified atom stereocenters. The highest BCUT2D eigenvalue weighted by Gasteiger charge is 2.21. The first kappa shape index (κ1) is 12.4. The van der Waals surface area contributed by atoms with E-state index in [9.17, 15) is 0 Å². The van der Waals surface area contributed by atoms with Gasteiger partial charge in [0.25, 0.3) is 0 Å². The van der Waals surface area contributed by atoms with E-state index in [0.717, 1.165) is 11.8 Å². The molecule has 1 saturated carbocycles. The van der Waals surface area contributed by atoms with E-state index in [4.69, 9.17) is 0 Å². The van der Waals surface area contributed by atoms with Crippen LogP contribution in [0.1, 0.15) is 45.4 Å². The van der Waals surface area contributed by atoms with Crippen LogP contribution < -0.4 is 5.32 Å². The van der Waals surface area contributed by atoms with Crippen molar-refractivity contribution in [1.82, 2.24) is 10.2 Å². The summed E-state index contributed by atoms with van der Waals surface area (Å²) < 4.78 is 0. The molecule has 1 saturated heterocycles. The predicted octanol–water partition coefficient (Wildman–Crippen LogP) is 2.50. The Morgan fingerprint density at radius 1 is 1.00 bits per heavy atom. The zero-order valence-electron chi connectivity index (χ0n) is 10.9. The summed E-state index contributed by atoms with van der Waals surface area (Å²) in [5.41, 5.74) is 0. The first-order valence-corrected chi connectivity index (χ1v) is 7.31. The lowest BCUT2D eigenvalue weighted by atomic mass is 9.98. The first-order chi connectivity index (χ1) is 7.88. The molecule has 94 valence electrons. The molecule has 1 heterocycles. The minimum atomic E-state index is 0.912. The van der Waals surface area contributed by atoms with E-state index in [1.807, 2.05) is 0 Å². The van der Waals surface area contributed by atoms with Crippen molar-refractivity contribution in [2.45, 2.75) is 45.4 Å². The molecule has 1 aliphatic carbocycles. The highest BCUT2D eigenvalue weighted by Crippen LogP contribution is 2.26. The van der Waals surface area contributed by atoms with E-state index in [1.165, 1.54) is 71.2 Å². The molecule has 0 radical (unpaired) electrons. The molecule has 1 N–H and O–H groups in total. The molecule has 2 fully saturated rings. The molecule has 0 bridgehead atoms. The van der Waals surface area contributed by atoms with Crippen LogP contribution >= 0.6 is 0 Å². The van der Waals surface area contributed by atoms with Gasteiger partial charge in [-0.25, -0.2) is 0 Å². The Kier molecular flexibility index (Phi) is 5.11. The maximum atomic E-state index is 3.53. The van der Waals surface area contributed by atoms with Gasteiger partial charge in [0.2, 0.25) is 0 Å². The lowest BCUT2D eigenvalue weighted by molar-refractivity contribution is 0.190. The molecule has 0 aromatic rings. The Balaban J connectivity index is 1.70. The van der Waals surface area contributed by atoms with Gasteiger partial charge in [-0.15, -0.1) is 0 Å². The van der Waals surface area contributed by atoms with Gasteiger partial charge in [-0.3, -0.25) is 0 Å². The van der Waals surface area contributed by atoms with Crippen molar-refractivity contribution in [3.63, 3.8) is 0 Å². The van der Waals surface area contributed by atoms with Crippen LogP contribution in [0, 0.1) is 11.8 Å². The molecular formula is C14H28N2. The van der Waals surface area contributed by atoms with Crippen LogP contribution in [-0.2, 0) is 0 Å². The van der Waals surface area contributed by atoms with Crippen molar-refractivity contribution >= 4 is 0 Å². The number of piperidine rings is 1. The predicted molar refractivity (Wildman–Crippen MR) is 69.7 cm³/mol. The number of hydrogen-bond donors (Lipinski definition) is 1. The van der Waals surface area contributed by atoms with Gasteiger partial charge in [0.05, 0.1) is 0 Å². The number of hydrogen-bond acceptors (Lipinski definition) is 2. The molecular weight excluding hydrogens is 196 g/mol. The fraction of sp³-hybridized carbons (Fsp3) is 1.00. The lowest BCUT2D eigenvalue weighted by Crippen LogP contribution is -2.39. The van der Waals surface area contributed by atoms with Gasteiger partial charge in [0.15, 0.2) is 0 Å². The van der Waals surface area contributed by atoms with Gasteiger partial charge in [-0.1, -0.05) is 19.8 Å². The standard InChI is InChI=1S/C14H28N2/c1-2-16(11-13-6-3-4-7-13)12-14-8-5-9-15-10-14/h13-15H,2-12H2,1H3. The van der Waals surface area contributed by atoms with Gasteiger partial charge < -0.3 is 10.2 Å². The third-order valence-corrected chi connectivity index (χ3v) is 4.35. The monoisotopic (exact) mass is 224 g/mol. The molecule has 0 amide bonds. The molecule has 2 heteroatoms. The van der Waals surface area contributed by atoms with Crippen molar-refractivity contribution in [1.29, 1.82) is 0 Å². The molecule has 2 nitrogen and oxygen atoms in total. The average Bonchev–Trinajstić information content (AvgIpc) is 2.82. The van der Waals surface area contributed by atoms with E-state index in [-0.39, 0.29) is 0 Å². The van der Waals surface area contributed by atoms with Crippen LogP contribution in [0.4, 0.5) is 0 Å². The molecule has 0 aromatic carbocycles. The third kappa shape index (κ3) is 3.74. The molecule has 0 aromatic heterocycles. The van der Waals surface area contributed by atoms with Gasteiger partial charge >= 0.3 is 0 Å². The largest absolute Gasteiger partial charge is 0.316 e. The number of nitrogens with zero attached hydrogens (tertiary/aromatic N) is 1. The van der Waals surface area contributed by atoms with E-state index >= 15 is 0 Å². The SMILES string of the molecule is CCN(CC1CCCC1)CC1CCCNC1. The summed E-state index contributed by atoms with van der Waals surface area (Å²) in [4.78, 5) is 2.70. The average molecular weight is 224 g/mol. The van der Waals surface area contributed by atoms with Crippen LogP contribution in [0.25, 0.3) is 0 Å². The van der Waals surface area contributed by atoms with E-state index in [0.29, 0.717) is 0 Å². The van der Waals surface area contributed by atoms with Crippen molar-refractivity contribution in [2.24, 2.45) is 11.8 Å². The number of nitrogens with one attached hydrogen (secondary N) is 1. The summed E-state index contributed by atoms with van der Waals surface area (Å²) >= 11 is 0. The minimum Gasteiger partial charge on any atom is -0.316 e. The molecule has 1 atom stereocenters. The topological polar surface area (TPSA) is 15.3 Å². The third-order valence-electron chi connectivity index (χ3n) is 4.35. The van der Waals surface area contributed by atoms with Crippen LogP contribution in [-0.4, -0.2) is 37.6 Å². The van der Waals surface area contributed by atoms with Crippen LogP contribution in [0.5, 0.6) is 0 Å². The molecule has 2 rings (SSSR count). The normalized spacial score (nSPS) is 27.8. The Morgan fingerprint density at radius 3 is 2.31 bits per heavy atom. The quantitative estimate of drug-likeness (QED) is 0.772. The lowest BCUT2D eigenvalue weighted by Gasteiger charge is -2.31. The van der Waals surface area contributed by atoms with Crippen molar-refractivity contribution in [3.05, 3.63) is 0 Å². The smallest absolute Gasteiger partial charge is 0.00218 e. The summed E-state index contributed by atoms with van der Waals surface area (Å²) in [5.74, 6) is 1.92. The second kappa shape index (κ2) is 6.61. The highest BCUT2D eigenvalue weighted by molar-refractivity contribution is 4.76. The van der Waals surface area contributed by atoms with Crippen molar-refractivity contribution in [3.8, 4) is 0 Å². The molecule has 2 aliphatic rings. The zero-order valence-corrected chi connectivity index (χ0v) is 10.9. The van der Waals surface area contributed by atoms with E-state index in [1.54, 1.807) is 0 Å². The Labute approximate surface area is 101 Å². The highest BCUT2D eigenvalue weighted by atomic mass is 15.1. The van der Waals surface area contributed by atoms with Gasteiger partial charge in [-0.2, -0.15) is 0 Å². The summed E-state index contributed by atoms with van der Waals surface area (Å²) in [5, 5.41) is 3.53. The second-order valence-electron chi connectivity index (χ2n) is 5.72. The number of rotatable bonds is 5. The van der Waals surface area contributed by atoms with Gasteiger partial charge in [0.1, 0.15) is 0 Å². The fourth-order valence-corrected chi connectivity index (χ4v) is 3.34. The maximum absolute atomic E-state index is 3.53. The summed E-state index contributed by atoms with van der Waals surface area (Å²) in [6, 6.07) is 0. The summed E-state index contributed by atoms with van der Waals surface area (Å²) in [6.45, 7) is 8.76. The Morgan fingerprint density at radius 2 is 1.69 bits per heavy atom. The van der Waals surface area contributed by atoms with Crippen LogP contribution in [0.15, 0.2) is 0 Å².